The average Bonchev–Trinajstić information content (AvgIpc) is 3.57. The molecule has 0 unspecified atom stereocenters. The van der Waals surface area contributed by atoms with E-state index in [9.17, 15) is 4.79 Å². The second-order valence-electron chi connectivity index (χ2n) is 10.7. The Morgan fingerprint density at radius 3 is 2.34 bits per heavy atom. The van der Waals surface area contributed by atoms with Crippen LogP contribution >= 0.6 is 0 Å². The largest absolute Gasteiger partial charge is 0.460 e. The molecule has 3 aromatic heterocycles. The fourth-order valence-electron chi connectivity index (χ4n) is 6.67. The second-order valence-corrected chi connectivity index (χ2v) is 10.7. The van der Waals surface area contributed by atoms with Crippen LogP contribution in [0, 0.1) is 0 Å². The smallest absolute Gasteiger partial charge is 0.346 e. The number of hydrogen-bond donors (Lipinski definition) is 0. The molecule has 0 saturated carbocycles. The van der Waals surface area contributed by atoms with Gasteiger partial charge in [-0.2, -0.15) is 0 Å². The van der Waals surface area contributed by atoms with Crippen molar-refractivity contribution in [2.45, 2.75) is 12.8 Å². The van der Waals surface area contributed by atoms with E-state index in [4.69, 9.17) is 8.83 Å². The van der Waals surface area contributed by atoms with Crippen molar-refractivity contribution in [2.24, 2.45) is 0 Å². The molecule has 0 bridgehead atoms. The number of para-hydroxylation sites is 3. The van der Waals surface area contributed by atoms with Gasteiger partial charge in [0.25, 0.3) is 0 Å². The Labute approximate surface area is 234 Å². The number of fused-ring (bicyclic) bond motifs is 10. The van der Waals surface area contributed by atoms with Gasteiger partial charge in [-0.25, -0.2) is 4.79 Å². The normalized spacial score (nSPS) is 13.2. The Balaban J connectivity index is 1.30. The van der Waals surface area contributed by atoms with Crippen molar-refractivity contribution in [1.29, 1.82) is 0 Å². The molecule has 0 atom stereocenters. The summed E-state index contributed by atoms with van der Waals surface area (Å²) in [7, 11) is 0. The molecule has 1 aliphatic carbocycles. The average molecular weight is 530 g/mol. The molecule has 5 aromatic carbocycles. The predicted octanol–water partition coefficient (Wildman–Crippen LogP) is 9.42. The lowest BCUT2D eigenvalue weighted by molar-refractivity contribution is 0.547. The third-order valence-electron chi connectivity index (χ3n) is 8.51. The van der Waals surface area contributed by atoms with Crippen LogP contribution in [0.5, 0.6) is 0 Å². The SMILES string of the molecule is O=c1oc2ccccc2c2ccc3c4ccccc4n(-c4ccc(-c5cccc6c7c(oc56)CCC=C7)cc4)c3c12. The van der Waals surface area contributed by atoms with Crippen molar-refractivity contribution < 1.29 is 8.83 Å². The maximum absolute atomic E-state index is 13.5. The van der Waals surface area contributed by atoms with Gasteiger partial charge in [0.2, 0.25) is 0 Å². The molecule has 8 aromatic rings. The van der Waals surface area contributed by atoms with Crippen molar-refractivity contribution in [1.82, 2.24) is 4.57 Å². The van der Waals surface area contributed by atoms with Crippen LogP contribution in [-0.2, 0) is 6.42 Å². The molecule has 0 fully saturated rings. The van der Waals surface area contributed by atoms with Gasteiger partial charge < -0.3 is 13.4 Å². The first kappa shape index (κ1) is 22.5. The fourth-order valence-corrected chi connectivity index (χ4v) is 6.67. The van der Waals surface area contributed by atoms with Crippen LogP contribution in [0.3, 0.4) is 0 Å². The van der Waals surface area contributed by atoms with Gasteiger partial charge in [0.05, 0.1) is 16.4 Å². The van der Waals surface area contributed by atoms with Gasteiger partial charge in [-0.1, -0.05) is 91.0 Å². The zero-order chi connectivity index (χ0) is 27.1. The molecule has 194 valence electrons. The van der Waals surface area contributed by atoms with E-state index >= 15 is 0 Å². The lowest BCUT2D eigenvalue weighted by Gasteiger charge is -2.11. The quantitative estimate of drug-likeness (QED) is 0.166. The Bertz CT molecular complexity index is 2430. The second kappa shape index (κ2) is 8.33. The lowest BCUT2D eigenvalue weighted by Crippen LogP contribution is -2.03. The van der Waals surface area contributed by atoms with Crippen LogP contribution in [0.1, 0.15) is 17.7 Å². The van der Waals surface area contributed by atoms with Gasteiger partial charge in [-0.05, 0) is 36.2 Å². The van der Waals surface area contributed by atoms with E-state index in [1.165, 1.54) is 5.56 Å². The van der Waals surface area contributed by atoms with Crippen molar-refractivity contribution >= 4 is 60.6 Å². The van der Waals surface area contributed by atoms with E-state index in [2.05, 4.69) is 83.4 Å². The highest BCUT2D eigenvalue weighted by Crippen LogP contribution is 2.39. The number of furan rings is 1. The third kappa shape index (κ3) is 3.13. The Morgan fingerprint density at radius 2 is 1.44 bits per heavy atom. The molecule has 0 amide bonds. The number of benzene rings is 5. The molecular formula is C37H23NO3. The Morgan fingerprint density at radius 1 is 0.659 bits per heavy atom. The van der Waals surface area contributed by atoms with Gasteiger partial charge in [0.15, 0.2) is 0 Å². The standard InChI is InChI=1S/C37H23NO3/c39-37-34-28(26-9-2-6-15-33(26)41-37)20-21-29-25-8-1-4-13-31(25)38(35(29)34)23-18-16-22(17-19-23)24-11-7-12-30-27-10-3-5-14-32(27)40-36(24)30/h1-4,6-13,15-21H,5,14H2. The maximum atomic E-state index is 13.5. The van der Waals surface area contributed by atoms with Crippen LogP contribution in [0.15, 0.2) is 123 Å². The minimum absolute atomic E-state index is 0.326. The van der Waals surface area contributed by atoms with E-state index in [0.717, 1.165) is 79.0 Å². The monoisotopic (exact) mass is 529 g/mol. The zero-order valence-electron chi connectivity index (χ0n) is 22.1. The van der Waals surface area contributed by atoms with Crippen LogP contribution in [-0.4, -0.2) is 4.57 Å². The summed E-state index contributed by atoms with van der Waals surface area (Å²) < 4.78 is 14.4. The molecule has 9 rings (SSSR count). The summed E-state index contributed by atoms with van der Waals surface area (Å²) in [6.45, 7) is 0. The summed E-state index contributed by atoms with van der Waals surface area (Å²) in [6.07, 6.45) is 6.35. The van der Waals surface area contributed by atoms with Crippen LogP contribution in [0.4, 0.5) is 0 Å². The molecule has 0 saturated heterocycles. The molecule has 0 aliphatic heterocycles. The predicted molar refractivity (Wildman–Crippen MR) is 167 cm³/mol. The number of hydrogen-bond acceptors (Lipinski definition) is 3. The summed E-state index contributed by atoms with van der Waals surface area (Å²) >= 11 is 0. The third-order valence-corrected chi connectivity index (χ3v) is 8.51. The van der Waals surface area contributed by atoms with E-state index in [1.54, 1.807) is 0 Å². The highest BCUT2D eigenvalue weighted by Gasteiger charge is 2.20. The molecule has 41 heavy (non-hydrogen) atoms. The van der Waals surface area contributed by atoms with E-state index in [1.807, 2.05) is 36.4 Å². The van der Waals surface area contributed by atoms with Crippen molar-refractivity contribution in [2.75, 3.05) is 0 Å². The molecule has 0 radical (unpaired) electrons. The van der Waals surface area contributed by atoms with Gasteiger partial charge in [-0.15, -0.1) is 0 Å². The Kier molecular flexibility index (Phi) is 4.56. The van der Waals surface area contributed by atoms with E-state index in [0.29, 0.717) is 11.0 Å². The maximum Gasteiger partial charge on any atom is 0.346 e. The first-order chi connectivity index (χ1) is 20.3. The first-order valence-electron chi connectivity index (χ1n) is 14.0. The van der Waals surface area contributed by atoms with E-state index in [-0.39, 0.29) is 5.63 Å². The minimum Gasteiger partial charge on any atom is -0.460 e. The van der Waals surface area contributed by atoms with Crippen LogP contribution in [0.2, 0.25) is 0 Å². The number of aromatic nitrogens is 1. The van der Waals surface area contributed by atoms with Gasteiger partial charge in [0.1, 0.15) is 16.9 Å². The van der Waals surface area contributed by atoms with Gasteiger partial charge in [0, 0.05) is 50.2 Å². The van der Waals surface area contributed by atoms with Crippen molar-refractivity contribution in [3.05, 3.63) is 131 Å². The summed E-state index contributed by atoms with van der Waals surface area (Å²) in [5, 5.41) is 5.71. The van der Waals surface area contributed by atoms with Crippen LogP contribution in [0.25, 0.3) is 77.4 Å². The highest BCUT2D eigenvalue weighted by atomic mass is 16.4. The number of rotatable bonds is 2. The molecule has 0 spiro atoms. The molecule has 3 heterocycles. The molecule has 0 N–H and O–H groups in total. The minimum atomic E-state index is -0.326. The highest BCUT2D eigenvalue weighted by molar-refractivity contribution is 6.21. The first-order valence-corrected chi connectivity index (χ1v) is 14.0. The number of aryl methyl sites for hydroxylation is 1. The van der Waals surface area contributed by atoms with Crippen LogP contribution < -0.4 is 5.63 Å². The van der Waals surface area contributed by atoms with Crippen molar-refractivity contribution in [3.8, 4) is 16.8 Å². The topological polar surface area (TPSA) is 48.3 Å². The van der Waals surface area contributed by atoms with E-state index < -0.39 is 0 Å². The summed E-state index contributed by atoms with van der Waals surface area (Å²) in [5.41, 5.74) is 7.47. The number of nitrogens with zero attached hydrogens (tertiary/aromatic N) is 1. The van der Waals surface area contributed by atoms with Gasteiger partial charge in [-0.3, -0.25) is 0 Å². The summed E-state index contributed by atoms with van der Waals surface area (Å²) in [6, 6.07) is 35.1. The fraction of sp³-hybridized carbons (Fsp3) is 0.0541. The Hall–Kier alpha value is -5.35. The number of allylic oxidation sites excluding steroid dienone is 1. The molecule has 4 heteroatoms. The molecule has 1 aliphatic rings. The zero-order valence-corrected chi connectivity index (χ0v) is 22.1. The summed E-state index contributed by atoms with van der Waals surface area (Å²) in [4.78, 5) is 13.5. The van der Waals surface area contributed by atoms with Gasteiger partial charge >= 0.3 is 5.63 Å². The molecular weight excluding hydrogens is 506 g/mol. The van der Waals surface area contributed by atoms with Crippen molar-refractivity contribution in [3.63, 3.8) is 0 Å². The molecule has 4 nitrogen and oxygen atoms in total. The summed E-state index contributed by atoms with van der Waals surface area (Å²) in [5.74, 6) is 1.06. The lowest BCUT2D eigenvalue weighted by atomic mass is 9.99.